The van der Waals surface area contributed by atoms with Crippen LogP contribution in [0.4, 0.5) is 0 Å². The second-order valence-corrected chi connectivity index (χ2v) is 5.73. The lowest BCUT2D eigenvalue weighted by molar-refractivity contribution is -0.135. The first-order valence-electron chi connectivity index (χ1n) is 7.78. The molecule has 24 heavy (non-hydrogen) atoms. The van der Waals surface area contributed by atoms with Crippen molar-refractivity contribution in [3.63, 3.8) is 0 Å². The lowest BCUT2D eigenvalue weighted by Crippen LogP contribution is -2.36. The van der Waals surface area contributed by atoms with Gasteiger partial charge in [-0.15, -0.1) is 0 Å². The maximum Gasteiger partial charge on any atom is 0.331 e. The van der Waals surface area contributed by atoms with Gasteiger partial charge in [0.1, 0.15) is 16.9 Å². The standard InChI is InChI=1S/C21H16O3/c1-23-17-12-13-19-18(14-17)21(20(22)24-19,15-8-4-2-5-9-15)16-10-6-3-7-11-16/h2-14H,1H3. The van der Waals surface area contributed by atoms with Gasteiger partial charge in [0, 0.05) is 5.56 Å². The molecule has 0 unspecified atom stereocenters. The molecule has 3 aromatic rings. The van der Waals surface area contributed by atoms with Gasteiger partial charge in [-0.1, -0.05) is 60.7 Å². The van der Waals surface area contributed by atoms with E-state index in [0.29, 0.717) is 11.5 Å². The van der Waals surface area contributed by atoms with Crippen LogP contribution in [0.15, 0.2) is 78.9 Å². The number of benzene rings is 3. The molecule has 118 valence electrons. The van der Waals surface area contributed by atoms with Gasteiger partial charge < -0.3 is 9.47 Å². The smallest absolute Gasteiger partial charge is 0.331 e. The first-order chi connectivity index (χ1) is 11.8. The molecule has 1 aliphatic rings. The first kappa shape index (κ1) is 14.5. The summed E-state index contributed by atoms with van der Waals surface area (Å²) in [5.41, 5.74) is 1.59. The molecule has 3 nitrogen and oxygen atoms in total. The number of rotatable bonds is 3. The molecule has 4 rings (SSSR count). The van der Waals surface area contributed by atoms with Gasteiger partial charge in [0.25, 0.3) is 0 Å². The number of carbonyl (C=O) groups is 1. The van der Waals surface area contributed by atoms with Gasteiger partial charge in [0.2, 0.25) is 0 Å². The predicted octanol–water partition coefficient (Wildman–Crippen LogP) is 3.95. The molecule has 0 aliphatic carbocycles. The van der Waals surface area contributed by atoms with Crippen LogP contribution in [0.25, 0.3) is 0 Å². The van der Waals surface area contributed by atoms with Crippen LogP contribution < -0.4 is 9.47 Å². The van der Waals surface area contributed by atoms with Crippen LogP contribution in [0.3, 0.4) is 0 Å². The number of ether oxygens (including phenoxy) is 2. The second-order valence-electron chi connectivity index (χ2n) is 5.73. The summed E-state index contributed by atoms with van der Waals surface area (Å²) in [6.07, 6.45) is 0. The molecule has 0 spiro atoms. The summed E-state index contributed by atoms with van der Waals surface area (Å²) in [5.74, 6) is 0.986. The maximum atomic E-state index is 13.1. The summed E-state index contributed by atoms with van der Waals surface area (Å²) in [6, 6.07) is 25.0. The molecular formula is C21H16O3. The van der Waals surface area contributed by atoms with Crippen molar-refractivity contribution >= 4 is 5.97 Å². The summed E-state index contributed by atoms with van der Waals surface area (Å²) in [7, 11) is 1.62. The Kier molecular flexibility index (Phi) is 3.35. The molecule has 0 saturated carbocycles. The van der Waals surface area contributed by atoms with E-state index in [4.69, 9.17) is 9.47 Å². The highest BCUT2D eigenvalue weighted by atomic mass is 16.5. The summed E-state index contributed by atoms with van der Waals surface area (Å²) in [6.45, 7) is 0. The predicted molar refractivity (Wildman–Crippen MR) is 91.4 cm³/mol. The van der Waals surface area contributed by atoms with Crippen molar-refractivity contribution in [1.82, 2.24) is 0 Å². The normalized spacial score (nSPS) is 14.8. The minimum atomic E-state index is -0.980. The Morgan fingerprint density at radius 2 is 1.42 bits per heavy atom. The monoisotopic (exact) mass is 316 g/mol. The van der Waals surface area contributed by atoms with Gasteiger partial charge in [-0.05, 0) is 29.3 Å². The molecule has 0 radical (unpaired) electrons. The van der Waals surface area contributed by atoms with Gasteiger partial charge in [-0.3, -0.25) is 0 Å². The zero-order valence-electron chi connectivity index (χ0n) is 13.2. The number of hydrogen-bond donors (Lipinski definition) is 0. The molecule has 0 fully saturated rings. The Balaban J connectivity index is 2.08. The molecule has 0 atom stereocenters. The molecule has 0 bridgehead atoms. The van der Waals surface area contributed by atoms with Crippen molar-refractivity contribution in [2.24, 2.45) is 0 Å². The van der Waals surface area contributed by atoms with Crippen molar-refractivity contribution in [1.29, 1.82) is 0 Å². The summed E-state index contributed by atoms with van der Waals surface area (Å²) >= 11 is 0. The van der Waals surface area contributed by atoms with E-state index in [2.05, 4.69) is 0 Å². The molecular weight excluding hydrogens is 300 g/mol. The fourth-order valence-corrected chi connectivity index (χ4v) is 3.39. The topological polar surface area (TPSA) is 35.5 Å². The number of fused-ring (bicyclic) bond motifs is 1. The van der Waals surface area contributed by atoms with Crippen LogP contribution in [0, 0.1) is 0 Å². The maximum absolute atomic E-state index is 13.1. The number of methoxy groups -OCH3 is 1. The number of carbonyl (C=O) groups excluding carboxylic acids is 1. The fraction of sp³-hybridized carbons (Fsp3) is 0.0952. The Hall–Kier alpha value is -3.07. The minimum Gasteiger partial charge on any atom is -0.497 e. The van der Waals surface area contributed by atoms with E-state index in [-0.39, 0.29) is 5.97 Å². The van der Waals surface area contributed by atoms with Crippen molar-refractivity contribution in [2.45, 2.75) is 5.41 Å². The van der Waals surface area contributed by atoms with Gasteiger partial charge >= 0.3 is 5.97 Å². The quantitative estimate of drug-likeness (QED) is 0.542. The molecule has 0 N–H and O–H groups in total. The zero-order chi connectivity index (χ0) is 16.6. The number of esters is 1. The summed E-state index contributed by atoms with van der Waals surface area (Å²) in [4.78, 5) is 13.1. The Morgan fingerprint density at radius 3 is 1.96 bits per heavy atom. The van der Waals surface area contributed by atoms with Crippen LogP contribution in [0.2, 0.25) is 0 Å². The number of hydrogen-bond acceptors (Lipinski definition) is 3. The van der Waals surface area contributed by atoms with E-state index in [1.807, 2.05) is 66.7 Å². The third kappa shape index (κ3) is 1.95. The second kappa shape index (κ2) is 5.53. The zero-order valence-corrected chi connectivity index (χ0v) is 13.2. The van der Waals surface area contributed by atoms with Gasteiger partial charge in [0.05, 0.1) is 7.11 Å². The average molecular weight is 316 g/mol. The van der Waals surface area contributed by atoms with Crippen molar-refractivity contribution in [3.8, 4) is 11.5 Å². The summed E-state index contributed by atoms with van der Waals surface area (Å²) < 4.78 is 11.0. The van der Waals surface area contributed by atoms with E-state index < -0.39 is 5.41 Å². The van der Waals surface area contributed by atoms with Crippen LogP contribution >= 0.6 is 0 Å². The van der Waals surface area contributed by atoms with E-state index in [0.717, 1.165) is 16.7 Å². The van der Waals surface area contributed by atoms with Gasteiger partial charge in [-0.25, -0.2) is 4.79 Å². The fourth-order valence-electron chi connectivity index (χ4n) is 3.39. The Bertz CT molecular complexity index is 846. The molecule has 3 aromatic carbocycles. The highest BCUT2D eigenvalue weighted by Gasteiger charge is 2.52. The third-order valence-corrected chi connectivity index (χ3v) is 4.51. The largest absolute Gasteiger partial charge is 0.497 e. The van der Waals surface area contributed by atoms with E-state index >= 15 is 0 Å². The minimum absolute atomic E-state index is 0.289. The first-order valence-corrected chi connectivity index (χ1v) is 7.78. The lowest BCUT2D eigenvalue weighted by Gasteiger charge is -2.27. The van der Waals surface area contributed by atoms with Gasteiger partial charge in [0.15, 0.2) is 0 Å². The third-order valence-electron chi connectivity index (χ3n) is 4.51. The molecule has 1 aliphatic heterocycles. The van der Waals surface area contributed by atoms with Gasteiger partial charge in [-0.2, -0.15) is 0 Å². The Labute approximate surface area is 140 Å². The highest BCUT2D eigenvalue weighted by Crippen LogP contribution is 2.49. The van der Waals surface area contributed by atoms with E-state index in [9.17, 15) is 4.79 Å². The summed E-state index contributed by atoms with van der Waals surface area (Å²) in [5, 5.41) is 0. The average Bonchev–Trinajstić information content (AvgIpc) is 2.95. The molecule has 3 heteroatoms. The van der Waals surface area contributed by atoms with Crippen LogP contribution in [0.1, 0.15) is 16.7 Å². The Morgan fingerprint density at radius 1 is 0.833 bits per heavy atom. The van der Waals surface area contributed by atoms with E-state index in [1.54, 1.807) is 19.2 Å². The molecule has 0 amide bonds. The van der Waals surface area contributed by atoms with Crippen molar-refractivity contribution in [3.05, 3.63) is 95.6 Å². The van der Waals surface area contributed by atoms with Crippen LogP contribution in [-0.2, 0) is 10.2 Å². The lowest BCUT2D eigenvalue weighted by atomic mass is 9.70. The van der Waals surface area contributed by atoms with E-state index in [1.165, 1.54) is 0 Å². The van der Waals surface area contributed by atoms with Crippen molar-refractivity contribution in [2.75, 3.05) is 7.11 Å². The molecule has 0 aromatic heterocycles. The van der Waals surface area contributed by atoms with Crippen LogP contribution in [-0.4, -0.2) is 13.1 Å². The van der Waals surface area contributed by atoms with Crippen LogP contribution in [0.5, 0.6) is 11.5 Å². The van der Waals surface area contributed by atoms with Crippen molar-refractivity contribution < 1.29 is 14.3 Å². The highest BCUT2D eigenvalue weighted by molar-refractivity contribution is 5.98. The molecule has 1 heterocycles. The molecule has 0 saturated heterocycles. The SMILES string of the molecule is COc1ccc2c(c1)C(c1ccccc1)(c1ccccc1)C(=O)O2.